The van der Waals surface area contributed by atoms with E-state index in [1.165, 1.54) is 7.11 Å². The van der Waals surface area contributed by atoms with Crippen molar-refractivity contribution >= 4 is 17.8 Å². The lowest BCUT2D eigenvalue weighted by Crippen LogP contribution is -2.43. The van der Waals surface area contributed by atoms with Crippen LogP contribution < -0.4 is 10.6 Å². The molecule has 0 spiro atoms. The number of nitrogens with one attached hydrogen (secondary N) is 3. The molecule has 0 atom stereocenters. The van der Waals surface area contributed by atoms with Crippen molar-refractivity contribution in [3.8, 4) is 0 Å². The van der Waals surface area contributed by atoms with E-state index in [-0.39, 0.29) is 24.9 Å². The maximum Gasteiger partial charge on any atom is 0.257 e. The topological polar surface area (TPSA) is 91.3 Å². The lowest BCUT2D eigenvalue weighted by atomic mass is 10.2. The normalized spacial score (nSPS) is 9.61. The van der Waals surface area contributed by atoms with Gasteiger partial charge in [0.05, 0.1) is 13.0 Å². The van der Waals surface area contributed by atoms with Crippen LogP contribution in [0.3, 0.4) is 0 Å². The van der Waals surface area contributed by atoms with Crippen LogP contribution in [0, 0.1) is 5.41 Å². The molecule has 6 heteroatoms. The standard InChI is InChI=1S/C12H15N3O3/c1-18-8-7-10(16)14-12(13)15-11(17)9-5-3-2-4-6-9/h2-6H,7-8H2,1H3,(H3,13,14,15,16,17). The number of hydrogen-bond donors (Lipinski definition) is 3. The Kier molecular flexibility index (Phi) is 5.53. The molecule has 0 saturated heterocycles. The predicted molar refractivity (Wildman–Crippen MR) is 66.3 cm³/mol. The maximum atomic E-state index is 11.6. The van der Waals surface area contributed by atoms with Crippen molar-refractivity contribution in [1.82, 2.24) is 10.6 Å². The summed E-state index contributed by atoms with van der Waals surface area (Å²) in [6.07, 6.45) is 0.139. The summed E-state index contributed by atoms with van der Waals surface area (Å²) in [7, 11) is 1.48. The van der Waals surface area contributed by atoms with E-state index in [1.807, 2.05) is 0 Å². The Morgan fingerprint density at radius 3 is 2.50 bits per heavy atom. The minimum absolute atomic E-state index is 0.139. The molecule has 0 aliphatic rings. The number of methoxy groups -OCH3 is 1. The molecule has 96 valence electrons. The van der Waals surface area contributed by atoms with E-state index in [4.69, 9.17) is 10.1 Å². The summed E-state index contributed by atoms with van der Waals surface area (Å²) in [5.74, 6) is -1.16. The van der Waals surface area contributed by atoms with Gasteiger partial charge in [0, 0.05) is 12.7 Å². The minimum Gasteiger partial charge on any atom is -0.384 e. The molecular weight excluding hydrogens is 234 g/mol. The highest BCUT2D eigenvalue weighted by atomic mass is 16.5. The molecule has 0 bridgehead atoms. The fourth-order valence-electron chi connectivity index (χ4n) is 1.20. The zero-order valence-corrected chi connectivity index (χ0v) is 10.0. The van der Waals surface area contributed by atoms with E-state index >= 15 is 0 Å². The lowest BCUT2D eigenvalue weighted by molar-refractivity contribution is -0.120. The van der Waals surface area contributed by atoms with E-state index in [2.05, 4.69) is 10.6 Å². The Labute approximate surface area is 105 Å². The maximum absolute atomic E-state index is 11.6. The predicted octanol–water partition coefficient (Wildman–Crippen LogP) is 0.504. The van der Waals surface area contributed by atoms with E-state index in [0.29, 0.717) is 5.56 Å². The van der Waals surface area contributed by atoms with Crippen molar-refractivity contribution in [1.29, 1.82) is 5.41 Å². The molecule has 0 fully saturated rings. The highest BCUT2D eigenvalue weighted by molar-refractivity contribution is 6.08. The number of hydrogen-bond acceptors (Lipinski definition) is 4. The fourth-order valence-corrected chi connectivity index (χ4v) is 1.20. The Morgan fingerprint density at radius 2 is 1.89 bits per heavy atom. The van der Waals surface area contributed by atoms with Gasteiger partial charge in [-0.3, -0.25) is 25.6 Å². The van der Waals surface area contributed by atoms with Crippen molar-refractivity contribution in [2.45, 2.75) is 6.42 Å². The zero-order chi connectivity index (χ0) is 13.4. The van der Waals surface area contributed by atoms with Crippen LogP contribution in [-0.2, 0) is 9.53 Å². The molecule has 6 nitrogen and oxygen atoms in total. The average Bonchev–Trinajstić information content (AvgIpc) is 2.37. The number of carbonyl (C=O) groups excluding carboxylic acids is 2. The minimum atomic E-state index is -0.437. The van der Waals surface area contributed by atoms with Crippen LogP contribution in [0.15, 0.2) is 30.3 Å². The monoisotopic (exact) mass is 249 g/mol. The third-order valence-electron chi connectivity index (χ3n) is 2.07. The van der Waals surface area contributed by atoms with Gasteiger partial charge < -0.3 is 4.74 Å². The summed E-state index contributed by atoms with van der Waals surface area (Å²) >= 11 is 0. The Bertz CT molecular complexity index is 431. The van der Waals surface area contributed by atoms with Crippen LogP contribution >= 0.6 is 0 Å². The molecule has 0 aliphatic carbocycles. The molecule has 1 aromatic rings. The summed E-state index contributed by atoms with van der Waals surface area (Å²) in [4.78, 5) is 22.9. The fraction of sp³-hybridized carbons (Fsp3) is 0.250. The molecule has 0 heterocycles. The second kappa shape index (κ2) is 7.18. The molecule has 0 saturated carbocycles. The lowest BCUT2D eigenvalue weighted by Gasteiger charge is -2.08. The first-order valence-corrected chi connectivity index (χ1v) is 5.37. The second-order valence-corrected chi connectivity index (χ2v) is 3.49. The highest BCUT2D eigenvalue weighted by Crippen LogP contribution is 1.97. The summed E-state index contributed by atoms with van der Waals surface area (Å²) in [5, 5.41) is 12.0. The number of benzene rings is 1. The van der Waals surface area contributed by atoms with Crippen molar-refractivity contribution < 1.29 is 14.3 Å². The third-order valence-corrected chi connectivity index (χ3v) is 2.07. The number of amides is 2. The summed E-state index contributed by atoms with van der Waals surface area (Å²) in [6, 6.07) is 8.46. The van der Waals surface area contributed by atoms with Crippen LogP contribution in [0.1, 0.15) is 16.8 Å². The summed E-state index contributed by atoms with van der Waals surface area (Å²) in [5.41, 5.74) is 0.424. The molecule has 0 unspecified atom stereocenters. The number of ether oxygens (including phenoxy) is 1. The molecule has 0 aliphatic heterocycles. The first-order chi connectivity index (χ1) is 8.63. The first kappa shape index (κ1) is 13.9. The van der Waals surface area contributed by atoms with Gasteiger partial charge in [0.1, 0.15) is 0 Å². The quantitative estimate of drug-likeness (QED) is 0.536. The van der Waals surface area contributed by atoms with Gasteiger partial charge in [0.2, 0.25) is 11.9 Å². The van der Waals surface area contributed by atoms with Gasteiger partial charge in [-0.1, -0.05) is 18.2 Å². The Balaban J connectivity index is 2.41. The van der Waals surface area contributed by atoms with Crippen LogP contribution in [0.5, 0.6) is 0 Å². The van der Waals surface area contributed by atoms with Gasteiger partial charge in [0.15, 0.2) is 0 Å². The third kappa shape index (κ3) is 4.75. The SMILES string of the molecule is COCCC(=O)NC(=N)NC(=O)c1ccccc1. The molecular formula is C12H15N3O3. The second-order valence-electron chi connectivity index (χ2n) is 3.49. The van der Waals surface area contributed by atoms with Crippen LogP contribution in [0.25, 0.3) is 0 Å². The first-order valence-electron chi connectivity index (χ1n) is 5.37. The zero-order valence-electron chi connectivity index (χ0n) is 10.0. The van der Waals surface area contributed by atoms with Crippen molar-refractivity contribution in [2.75, 3.05) is 13.7 Å². The number of rotatable bonds is 4. The molecule has 1 rings (SSSR count). The van der Waals surface area contributed by atoms with Crippen molar-refractivity contribution in [3.05, 3.63) is 35.9 Å². The number of carbonyl (C=O) groups is 2. The summed E-state index contributed by atoms with van der Waals surface area (Å²) in [6.45, 7) is 0.270. The molecule has 2 amide bonds. The van der Waals surface area contributed by atoms with E-state index in [0.717, 1.165) is 0 Å². The van der Waals surface area contributed by atoms with Gasteiger partial charge in [-0.25, -0.2) is 0 Å². The van der Waals surface area contributed by atoms with Crippen molar-refractivity contribution in [2.24, 2.45) is 0 Å². The van der Waals surface area contributed by atoms with E-state index in [1.54, 1.807) is 30.3 Å². The molecule has 3 N–H and O–H groups in total. The van der Waals surface area contributed by atoms with Gasteiger partial charge in [0.25, 0.3) is 5.91 Å². The van der Waals surface area contributed by atoms with E-state index in [9.17, 15) is 9.59 Å². The molecule has 0 aromatic heterocycles. The largest absolute Gasteiger partial charge is 0.384 e. The van der Waals surface area contributed by atoms with Gasteiger partial charge in [-0.2, -0.15) is 0 Å². The van der Waals surface area contributed by atoms with Gasteiger partial charge in [-0.05, 0) is 12.1 Å². The Morgan fingerprint density at radius 1 is 1.22 bits per heavy atom. The highest BCUT2D eigenvalue weighted by Gasteiger charge is 2.09. The van der Waals surface area contributed by atoms with Gasteiger partial charge >= 0.3 is 0 Å². The van der Waals surface area contributed by atoms with Crippen LogP contribution in [0.4, 0.5) is 0 Å². The van der Waals surface area contributed by atoms with Crippen LogP contribution in [-0.4, -0.2) is 31.5 Å². The molecule has 1 aromatic carbocycles. The summed E-state index contributed by atoms with van der Waals surface area (Å²) < 4.78 is 4.73. The average molecular weight is 249 g/mol. The van der Waals surface area contributed by atoms with Crippen LogP contribution in [0.2, 0.25) is 0 Å². The van der Waals surface area contributed by atoms with E-state index < -0.39 is 5.91 Å². The van der Waals surface area contributed by atoms with Crippen molar-refractivity contribution in [3.63, 3.8) is 0 Å². The van der Waals surface area contributed by atoms with Gasteiger partial charge in [-0.15, -0.1) is 0 Å². The molecule has 0 radical (unpaired) electrons. The Hall–Kier alpha value is -2.21. The molecule has 18 heavy (non-hydrogen) atoms. The smallest absolute Gasteiger partial charge is 0.257 e. The number of guanidine groups is 1.